The Morgan fingerprint density at radius 2 is 1.85 bits per heavy atom. The molecule has 6 nitrogen and oxygen atoms in total. The van der Waals surface area contributed by atoms with Gasteiger partial charge in [0.25, 0.3) is 0 Å². The number of methoxy groups -OCH3 is 2. The smallest absolute Gasteiger partial charge is 0.226 e. The third-order valence-electron chi connectivity index (χ3n) is 4.70. The first kappa shape index (κ1) is 17.6. The van der Waals surface area contributed by atoms with Crippen molar-refractivity contribution in [3.05, 3.63) is 64.3 Å². The Labute approximate surface area is 165 Å². The van der Waals surface area contributed by atoms with Gasteiger partial charge in [-0.15, -0.1) is 0 Å². The average molecular weight is 428 g/mol. The van der Waals surface area contributed by atoms with Crippen molar-refractivity contribution >= 4 is 27.7 Å². The summed E-state index contributed by atoms with van der Waals surface area (Å²) in [6.45, 7) is 0. The molecule has 0 radical (unpaired) electrons. The van der Waals surface area contributed by atoms with E-state index in [0.29, 0.717) is 23.7 Å². The number of amides is 1. The molecular weight excluding hydrogens is 410 g/mol. The number of carbonyl (C=O) groups excluding carboxylic acids is 1. The van der Waals surface area contributed by atoms with Gasteiger partial charge < -0.3 is 14.8 Å². The number of hydrogen-bond donors (Lipinski definition) is 1. The van der Waals surface area contributed by atoms with Crippen LogP contribution in [0.5, 0.6) is 11.5 Å². The summed E-state index contributed by atoms with van der Waals surface area (Å²) in [4.78, 5) is 12.4. The minimum Gasteiger partial charge on any atom is -0.493 e. The second-order valence-corrected chi connectivity index (χ2v) is 7.17. The van der Waals surface area contributed by atoms with E-state index >= 15 is 0 Å². The van der Waals surface area contributed by atoms with Crippen molar-refractivity contribution in [2.45, 2.75) is 12.3 Å². The molecule has 0 unspecified atom stereocenters. The van der Waals surface area contributed by atoms with E-state index in [9.17, 15) is 4.79 Å². The molecule has 138 valence electrons. The summed E-state index contributed by atoms with van der Waals surface area (Å²) < 4.78 is 13.5. The molecule has 2 heterocycles. The van der Waals surface area contributed by atoms with Crippen LogP contribution in [0.25, 0.3) is 5.69 Å². The number of rotatable bonds is 4. The first-order valence-electron chi connectivity index (χ1n) is 8.46. The molecule has 1 amide bonds. The zero-order chi connectivity index (χ0) is 19.0. The quantitative estimate of drug-likeness (QED) is 0.679. The molecule has 0 saturated carbocycles. The Kier molecular flexibility index (Phi) is 4.61. The van der Waals surface area contributed by atoms with E-state index in [1.165, 1.54) is 0 Å². The highest BCUT2D eigenvalue weighted by atomic mass is 79.9. The van der Waals surface area contributed by atoms with Crippen molar-refractivity contribution in [2.75, 3.05) is 19.5 Å². The summed E-state index contributed by atoms with van der Waals surface area (Å²) in [5.41, 5.74) is 2.84. The number of aromatic nitrogens is 2. The number of benzene rings is 2. The molecular formula is C20H18BrN3O3. The average Bonchev–Trinajstić information content (AvgIpc) is 3.11. The molecule has 1 N–H and O–H groups in total. The van der Waals surface area contributed by atoms with Crippen LogP contribution in [0.15, 0.2) is 53.1 Å². The van der Waals surface area contributed by atoms with Crippen molar-refractivity contribution < 1.29 is 14.3 Å². The summed E-state index contributed by atoms with van der Waals surface area (Å²) in [5.74, 6) is 1.86. The molecule has 0 fully saturated rings. The SMILES string of the molecule is COc1ccc([C@@H]2CC(=O)Nc3c2cnn3-c2ccc(Br)cc2)cc1OC. The van der Waals surface area contributed by atoms with Crippen LogP contribution in [0.1, 0.15) is 23.5 Å². The number of ether oxygens (including phenoxy) is 2. The number of fused-ring (bicyclic) bond motifs is 1. The lowest BCUT2D eigenvalue weighted by atomic mass is 9.87. The Morgan fingerprint density at radius 3 is 2.56 bits per heavy atom. The first-order chi connectivity index (χ1) is 13.1. The molecule has 0 saturated heterocycles. The van der Waals surface area contributed by atoms with Crippen molar-refractivity contribution in [3.8, 4) is 17.2 Å². The monoisotopic (exact) mass is 427 g/mol. The molecule has 0 spiro atoms. The molecule has 3 aromatic rings. The van der Waals surface area contributed by atoms with Gasteiger partial charge in [-0.25, -0.2) is 4.68 Å². The standard InChI is InChI=1S/C20H18BrN3O3/c1-26-17-8-3-12(9-18(17)27-2)15-10-19(25)23-20-16(15)11-22-24(20)14-6-4-13(21)5-7-14/h3-9,11,15H,10H2,1-2H3,(H,23,25)/t15-/m0/s1. The second kappa shape index (κ2) is 7.08. The number of anilines is 1. The molecule has 1 aromatic heterocycles. The van der Waals surface area contributed by atoms with Crippen molar-refractivity contribution in [1.29, 1.82) is 0 Å². The summed E-state index contributed by atoms with van der Waals surface area (Å²) in [7, 11) is 3.21. The van der Waals surface area contributed by atoms with Gasteiger partial charge in [-0.05, 0) is 42.0 Å². The van der Waals surface area contributed by atoms with Crippen LogP contribution in [0, 0.1) is 0 Å². The number of hydrogen-bond acceptors (Lipinski definition) is 4. The molecule has 1 aliphatic heterocycles. The highest BCUT2D eigenvalue weighted by Crippen LogP contribution is 2.40. The van der Waals surface area contributed by atoms with Crippen LogP contribution in [0.2, 0.25) is 0 Å². The second-order valence-electron chi connectivity index (χ2n) is 6.26. The Hall–Kier alpha value is -2.80. The molecule has 2 aromatic carbocycles. The number of nitrogens with zero attached hydrogens (tertiary/aromatic N) is 2. The van der Waals surface area contributed by atoms with E-state index in [1.54, 1.807) is 18.9 Å². The number of carbonyl (C=O) groups is 1. The molecule has 1 atom stereocenters. The zero-order valence-corrected chi connectivity index (χ0v) is 16.5. The Bertz CT molecular complexity index is 998. The van der Waals surface area contributed by atoms with Gasteiger partial charge in [0.15, 0.2) is 11.5 Å². The largest absolute Gasteiger partial charge is 0.493 e. The maximum Gasteiger partial charge on any atom is 0.226 e. The van der Waals surface area contributed by atoms with Gasteiger partial charge in [0, 0.05) is 22.4 Å². The Balaban J connectivity index is 1.78. The van der Waals surface area contributed by atoms with Gasteiger partial charge in [0.1, 0.15) is 5.82 Å². The van der Waals surface area contributed by atoms with Gasteiger partial charge in [-0.3, -0.25) is 4.79 Å². The third kappa shape index (κ3) is 3.19. The van der Waals surface area contributed by atoms with Crippen molar-refractivity contribution in [1.82, 2.24) is 9.78 Å². The van der Waals surface area contributed by atoms with Crippen LogP contribution in [-0.2, 0) is 4.79 Å². The van der Waals surface area contributed by atoms with Gasteiger partial charge in [0.2, 0.25) is 5.91 Å². The van der Waals surface area contributed by atoms with E-state index in [-0.39, 0.29) is 11.8 Å². The van der Waals surface area contributed by atoms with E-state index in [1.807, 2.05) is 48.7 Å². The summed E-state index contributed by atoms with van der Waals surface area (Å²) >= 11 is 3.44. The molecule has 27 heavy (non-hydrogen) atoms. The highest BCUT2D eigenvalue weighted by molar-refractivity contribution is 9.10. The molecule has 0 aliphatic carbocycles. The fourth-order valence-corrected chi connectivity index (χ4v) is 3.63. The van der Waals surface area contributed by atoms with E-state index < -0.39 is 0 Å². The Morgan fingerprint density at radius 1 is 1.11 bits per heavy atom. The summed E-state index contributed by atoms with van der Waals surface area (Å²) in [6, 6.07) is 13.5. The van der Waals surface area contributed by atoms with Crippen LogP contribution >= 0.6 is 15.9 Å². The molecule has 1 aliphatic rings. The van der Waals surface area contributed by atoms with Gasteiger partial charge >= 0.3 is 0 Å². The predicted molar refractivity (Wildman–Crippen MR) is 106 cm³/mol. The van der Waals surface area contributed by atoms with E-state index in [2.05, 4.69) is 26.3 Å². The van der Waals surface area contributed by atoms with Gasteiger partial charge in [-0.1, -0.05) is 22.0 Å². The maximum absolute atomic E-state index is 12.4. The van der Waals surface area contributed by atoms with Crippen molar-refractivity contribution in [3.63, 3.8) is 0 Å². The number of halogens is 1. The molecule has 7 heteroatoms. The highest BCUT2D eigenvalue weighted by Gasteiger charge is 2.31. The van der Waals surface area contributed by atoms with E-state index in [0.717, 1.165) is 21.3 Å². The minimum absolute atomic E-state index is 0.0406. The van der Waals surface area contributed by atoms with E-state index in [4.69, 9.17) is 9.47 Å². The lowest BCUT2D eigenvalue weighted by Crippen LogP contribution is -2.24. The zero-order valence-electron chi connectivity index (χ0n) is 14.9. The van der Waals surface area contributed by atoms with Crippen LogP contribution in [-0.4, -0.2) is 29.9 Å². The summed E-state index contributed by atoms with van der Waals surface area (Å²) in [5, 5.41) is 7.48. The first-order valence-corrected chi connectivity index (χ1v) is 9.25. The molecule has 4 rings (SSSR count). The van der Waals surface area contributed by atoms with Crippen LogP contribution in [0.4, 0.5) is 5.82 Å². The maximum atomic E-state index is 12.4. The minimum atomic E-state index is -0.0993. The number of nitrogens with one attached hydrogen (secondary N) is 1. The third-order valence-corrected chi connectivity index (χ3v) is 5.23. The fraction of sp³-hybridized carbons (Fsp3) is 0.200. The van der Waals surface area contributed by atoms with Crippen LogP contribution < -0.4 is 14.8 Å². The topological polar surface area (TPSA) is 65.4 Å². The fourth-order valence-electron chi connectivity index (χ4n) is 3.36. The lowest BCUT2D eigenvalue weighted by molar-refractivity contribution is -0.116. The normalized spacial score (nSPS) is 15.8. The summed E-state index contributed by atoms with van der Waals surface area (Å²) in [6.07, 6.45) is 2.17. The lowest BCUT2D eigenvalue weighted by Gasteiger charge is -2.24. The predicted octanol–water partition coefficient (Wildman–Crippen LogP) is 4.13. The van der Waals surface area contributed by atoms with Gasteiger partial charge in [0.05, 0.1) is 26.1 Å². The molecule has 0 bridgehead atoms. The van der Waals surface area contributed by atoms with Gasteiger partial charge in [-0.2, -0.15) is 5.10 Å². The van der Waals surface area contributed by atoms with Crippen molar-refractivity contribution in [2.24, 2.45) is 0 Å². The van der Waals surface area contributed by atoms with Crippen LogP contribution in [0.3, 0.4) is 0 Å².